The SMILES string of the molecule is CC(NC(=O)C1(O)CCC([N+](C)(C(=O)OC(C)(C)C)S(=O)(=O)c2ccc(C(F)(F)F)cc2)CC1)c1ccc(F)cc1. The van der Waals surface area contributed by atoms with Gasteiger partial charge in [-0.1, -0.05) is 12.1 Å². The number of alkyl halides is 3. The number of hydrogen-bond donors (Lipinski definition) is 2. The van der Waals surface area contributed by atoms with Crippen molar-refractivity contribution in [3.05, 3.63) is 65.5 Å². The van der Waals surface area contributed by atoms with Gasteiger partial charge in [-0.3, -0.25) is 4.79 Å². The van der Waals surface area contributed by atoms with Gasteiger partial charge in [-0.15, -0.1) is 3.89 Å². The Kier molecular flexibility index (Phi) is 8.98. The molecular formula is C28H35F4N2O6S+. The van der Waals surface area contributed by atoms with Gasteiger partial charge in [0.05, 0.1) is 18.7 Å². The lowest BCUT2D eigenvalue weighted by Gasteiger charge is -2.42. The first kappa shape index (κ1) is 32.5. The lowest BCUT2D eigenvalue weighted by atomic mass is 9.81. The number of amides is 2. The second kappa shape index (κ2) is 11.3. The molecular weight excluding hydrogens is 568 g/mol. The van der Waals surface area contributed by atoms with Crippen LogP contribution in [0.25, 0.3) is 0 Å². The van der Waals surface area contributed by atoms with E-state index in [2.05, 4.69) is 5.32 Å². The van der Waals surface area contributed by atoms with Crippen molar-refractivity contribution in [1.82, 2.24) is 5.32 Å². The van der Waals surface area contributed by atoms with E-state index in [1.54, 1.807) is 27.7 Å². The van der Waals surface area contributed by atoms with Crippen LogP contribution in [0.15, 0.2) is 53.4 Å². The zero-order valence-electron chi connectivity index (χ0n) is 23.5. The van der Waals surface area contributed by atoms with Gasteiger partial charge < -0.3 is 15.2 Å². The van der Waals surface area contributed by atoms with Gasteiger partial charge in [-0.05, 0) is 82.5 Å². The fourth-order valence-corrected chi connectivity index (χ4v) is 6.55. The number of carbonyl (C=O) groups is 2. The van der Waals surface area contributed by atoms with Crippen LogP contribution in [0.1, 0.15) is 70.5 Å². The smallest absolute Gasteiger partial charge is 0.413 e. The first-order chi connectivity index (χ1) is 18.7. The third kappa shape index (κ3) is 6.90. The number of carbonyl (C=O) groups excluding carboxylic acids is 2. The number of nitrogens with zero attached hydrogens (tertiary/aromatic N) is 1. The Labute approximate surface area is 236 Å². The van der Waals surface area contributed by atoms with Crippen LogP contribution in [0.5, 0.6) is 0 Å². The molecule has 2 atom stereocenters. The normalized spacial score (nSPS) is 22.3. The summed E-state index contributed by atoms with van der Waals surface area (Å²) in [6.45, 7) is 6.30. The summed E-state index contributed by atoms with van der Waals surface area (Å²) in [5, 5.41) is 13.9. The van der Waals surface area contributed by atoms with E-state index in [-0.39, 0.29) is 25.7 Å². The molecule has 41 heavy (non-hydrogen) atoms. The van der Waals surface area contributed by atoms with Gasteiger partial charge in [0.1, 0.15) is 28.0 Å². The van der Waals surface area contributed by atoms with Gasteiger partial charge in [-0.2, -0.15) is 26.4 Å². The van der Waals surface area contributed by atoms with Crippen LogP contribution >= 0.6 is 0 Å². The van der Waals surface area contributed by atoms with Crippen molar-refractivity contribution in [3.63, 3.8) is 0 Å². The molecule has 1 aliphatic carbocycles. The molecule has 0 aromatic heterocycles. The van der Waals surface area contributed by atoms with Gasteiger partial charge in [0.25, 0.3) is 5.91 Å². The van der Waals surface area contributed by atoms with Gasteiger partial charge in [-0.25, -0.2) is 4.39 Å². The Bertz CT molecular complexity index is 1360. The molecule has 2 aromatic rings. The van der Waals surface area contributed by atoms with Crippen molar-refractivity contribution in [1.29, 1.82) is 0 Å². The molecule has 0 heterocycles. The summed E-state index contributed by atoms with van der Waals surface area (Å²) >= 11 is 0. The van der Waals surface area contributed by atoms with E-state index in [1.807, 2.05) is 0 Å². The summed E-state index contributed by atoms with van der Waals surface area (Å²) in [6, 6.07) is 6.76. The highest BCUT2D eigenvalue weighted by Crippen LogP contribution is 2.40. The van der Waals surface area contributed by atoms with Gasteiger partial charge in [0.2, 0.25) is 0 Å². The molecule has 2 amide bonds. The first-order valence-corrected chi connectivity index (χ1v) is 14.5. The van der Waals surface area contributed by atoms with Crippen LogP contribution in [0.3, 0.4) is 0 Å². The van der Waals surface area contributed by atoms with Crippen molar-refractivity contribution in [3.8, 4) is 0 Å². The predicted molar refractivity (Wildman–Crippen MR) is 141 cm³/mol. The lowest BCUT2D eigenvalue weighted by Crippen LogP contribution is -2.63. The van der Waals surface area contributed by atoms with E-state index < -0.39 is 71.7 Å². The minimum atomic E-state index is -4.69. The maximum Gasteiger partial charge on any atom is 0.532 e. The van der Waals surface area contributed by atoms with Crippen molar-refractivity contribution in [2.75, 3.05) is 7.05 Å². The number of rotatable bonds is 6. The molecule has 2 aromatic carbocycles. The maximum atomic E-state index is 13.9. The molecule has 1 fully saturated rings. The molecule has 0 saturated heterocycles. The summed E-state index contributed by atoms with van der Waals surface area (Å²) in [4.78, 5) is 26.0. The third-order valence-corrected chi connectivity index (χ3v) is 9.67. The van der Waals surface area contributed by atoms with Crippen molar-refractivity contribution in [2.45, 2.75) is 87.7 Å². The van der Waals surface area contributed by atoms with Crippen LogP contribution in [0.2, 0.25) is 0 Å². The largest absolute Gasteiger partial charge is 0.532 e. The van der Waals surface area contributed by atoms with Gasteiger partial charge in [0.15, 0.2) is 0 Å². The molecule has 0 aliphatic heterocycles. The second-order valence-corrected chi connectivity index (χ2v) is 13.7. The summed E-state index contributed by atoms with van der Waals surface area (Å²) in [7, 11) is -3.55. The molecule has 0 radical (unpaired) electrons. The van der Waals surface area contributed by atoms with E-state index in [9.17, 15) is 40.7 Å². The molecule has 1 saturated carbocycles. The predicted octanol–water partition coefficient (Wildman–Crippen LogP) is 5.47. The Balaban J connectivity index is 1.88. The van der Waals surface area contributed by atoms with Crippen molar-refractivity contribution >= 4 is 22.0 Å². The van der Waals surface area contributed by atoms with Crippen LogP contribution in [-0.2, 0) is 25.7 Å². The number of aliphatic hydroxyl groups is 1. The fraction of sp³-hybridized carbons (Fsp3) is 0.500. The average molecular weight is 604 g/mol. The van der Waals surface area contributed by atoms with Gasteiger partial charge in [0, 0.05) is 12.8 Å². The fourth-order valence-electron chi connectivity index (χ4n) is 4.80. The Morgan fingerprint density at radius 1 is 1.02 bits per heavy atom. The molecule has 3 rings (SSSR count). The Morgan fingerprint density at radius 3 is 2.00 bits per heavy atom. The number of benzene rings is 2. The minimum absolute atomic E-state index is 0.0928. The minimum Gasteiger partial charge on any atom is -0.413 e. The number of hydrogen-bond acceptors (Lipinski definition) is 6. The zero-order valence-corrected chi connectivity index (χ0v) is 24.3. The van der Waals surface area contributed by atoms with Crippen molar-refractivity contribution in [2.24, 2.45) is 0 Å². The molecule has 226 valence electrons. The van der Waals surface area contributed by atoms with Gasteiger partial charge >= 0.3 is 22.3 Å². The number of halogens is 4. The quantitative estimate of drug-likeness (QED) is 0.335. The van der Waals surface area contributed by atoms with E-state index in [4.69, 9.17) is 4.74 Å². The van der Waals surface area contributed by atoms with Crippen molar-refractivity contribution < 1.29 is 49.3 Å². The number of quaternary nitrogens is 1. The molecule has 2 unspecified atom stereocenters. The molecule has 1 aliphatic rings. The Hall–Kier alpha value is -3.03. The number of ether oxygens (including phenoxy) is 1. The molecule has 0 spiro atoms. The highest BCUT2D eigenvalue weighted by atomic mass is 32.2. The van der Waals surface area contributed by atoms with Crippen LogP contribution < -0.4 is 5.32 Å². The monoisotopic (exact) mass is 603 g/mol. The molecule has 13 heteroatoms. The molecule has 8 nitrogen and oxygen atoms in total. The molecule has 2 N–H and O–H groups in total. The topological polar surface area (TPSA) is 110 Å². The lowest BCUT2D eigenvalue weighted by molar-refractivity contribution is -0.743. The highest BCUT2D eigenvalue weighted by molar-refractivity contribution is 7.86. The maximum absolute atomic E-state index is 13.9. The van der Waals surface area contributed by atoms with Crippen LogP contribution in [0, 0.1) is 5.82 Å². The highest BCUT2D eigenvalue weighted by Gasteiger charge is 2.57. The summed E-state index contributed by atoms with van der Waals surface area (Å²) in [6.07, 6.45) is -6.40. The van der Waals surface area contributed by atoms with E-state index >= 15 is 0 Å². The van der Waals surface area contributed by atoms with E-state index in [0.29, 0.717) is 17.7 Å². The van der Waals surface area contributed by atoms with Crippen LogP contribution in [0.4, 0.5) is 22.4 Å². The zero-order chi connectivity index (χ0) is 31.0. The third-order valence-electron chi connectivity index (χ3n) is 7.35. The summed E-state index contributed by atoms with van der Waals surface area (Å²) in [5.74, 6) is -1.15. The second-order valence-electron chi connectivity index (χ2n) is 11.5. The Morgan fingerprint density at radius 2 is 1.54 bits per heavy atom. The summed E-state index contributed by atoms with van der Waals surface area (Å²) < 4.78 is 84.4. The number of nitrogens with one attached hydrogen (secondary N) is 1. The average Bonchev–Trinajstić information content (AvgIpc) is 2.87. The molecule has 0 bridgehead atoms. The first-order valence-electron chi connectivity index (χ1n) is 13.0. The standard InChI is InChI=1S/C28H34F4N2O6S/c1-18(19-6-10-21(29)11-7-19)33-24(35)27(37)16-14-22(15-17-27)34(5,25(36)40-26(2,3)4)41(38,39)23-12-8-20(9-13-23)28(30,31)32/h6-13,18,22,37H,14-17H2,1-5H3/p+1. The summed E-state index contributed by atoms with van der Waals surface area (Å²) in [5.41, 5.74) is -3.40. The number of sulfonamides is 1. The van der Waals surface area contributed by atoms with Crippen LogP contribution in [-0.4, -0.2) is 53.7 Å². The van der Waals surface area contributed by atoms with E-state index in [0.717, 1.165) is 19.2 Å². The van der Waals surface area contributed by atoms with E-state index in [1.165, 1.54) is 24.3 Å².